The summed E-state index contributed by atoms with van der Waals surface area (Å²) in [7, 11) is 0. The van der Waals surface area contributed by atoms with E-state index in [1.807, 2.05) is 30.3 Å². The van der Waals surface area contributed by atoms with E-state index in [2.05, 4.69) is 4.98 Å². The van der Waals surface area contributed by atoms with Crippen LogP contribution in [-0.4, -0.2) is 27.5 Å². The molecule has 2 aromatic rings. The fourth-order valence-corrected chi connectivity index (χ4v) is 2.50. The van der Waals surface area contributed by atoms with E-state index in [0.29, 0.717) is 0 Å². The monoisotopic (exact) mass is 267 g/mol. The number of rotatable bonds is 0. The molecular weight excluding hydrogens is 257 g/mol. The number of nitrogens with one attached hydrogen (secondary N) is 1. The van der Waals surface area contributed by atoms with Crippen molar-refractivity contribution in [3.63, 3.8) is 0 Å². The number of aromatic amines is 1. The fraction of sp³-hybridized carbons (Fsp3) is 0. The first-order chi connectivity index (χ1) is 5.77. The summed E-state index contributed by atoms with van der Waals surface area (Å²) >= 11 is 0.286. The minimum absolute atomic E-state index is 0.0875. The van der Waals surface area contributed by atoms with Crippen LogP contribution in [0.3, 0.4) is 0 Å². The van der Waals surface area contributed by atoms with E-state index in [9.17, 15) is 4.79 Å². The van der Waals surface area contributed by atoms with Crippen molar-refractivity contribution >= 4 is 37.0 Å². The SMILES string of the molecule is O=c1[nH]c2ccccc2c[c]1[SnH3]. The molecule has 0 amide bonds. The van der Waals surface area contributed by atoms with Gasteiger partial charge in [-0.2, -0.15) is 0 Å². The average Bonchev–Trinajstić information content (AvgIpc) is 2.07. The number of pyridine rings is 1. The summed E-state index contributed by atoms with van der Waals surface area (Å²) in [6, 6.07) is 9.84. The first-order valence-electron chi connectivity index (χ1n) is 3.86. The summed E-state index contributed by atoms with van der Waals surface area (Å²) in [5.74, 6) is 0. The van der Waals surface area contributed by atoms with Crippen LogP contribution in [0, 0.1) is 0 Å². The first-order valence-corrected chi connectivity index (χ1v) is 6.71. The van der Waals surface area contributed by atoms with Gasteiger partial charge >= 0.3 is 82.7 Å². The molecule has 3 heteroatoms. The molecule has 1 aromatic carbocycles. The Kier molecular flexibility index (Phi) is 1.92. The summed E-state index contributed by atoms with van der Waals surface area (Å²) in [6.07, 6.45) is 0. The van der Waals surface area contributed by atoms with Crippen molar-refractivity contribution in [3.05, 3.63) is 40.7 Å². The second-order valence-corrected chi connectivity index (χ2v) is 5.94. The van der Waals surface area contributed by atoms with Crippen LogP contribution in [-0.2, 0) is 0 Å². The van der Waals surface area contributed by atoms with Gasteiger partial charge in [0, 0.05) is 0 Å². The van der Waals surface area contributed by atoms with Gasteiger partial charge in [-0.05, 0) is 0 Å². The summed E-state index contributed by atoms with van der Waals surface area (Å²) < 4.78 is 0.968. The molecule has 0 unspecified atom stereocenters. The molecule has 2 rings (SSSR count). The van der Waals surface area contributed by atoms with Crippen molar-refractivity contribution in [1.29, 1.82) is 0 Å². The molecule has 0 aliphatic carbocycles. The van der Waals surface area contributed by atoms with Crippen LogP contribution in [0.25, 0.3) is 10.9 Å². The van der Waals surface area contributed by atoms with Crippen molar-refractivity contribution in [2.45, 2.75) is 0 Å². The number of para-hydroxylation sites is 1. The Balaban J connectivity index is 2.93. The van der Waals surface area contributed by atoms with Gasteiger partial charge in [0.05, 0.1) is 0 Å². The van der Waals surface area contributed by atoms with Crippen molar-refractivity contribution in [2.75, 3.05) is 0 Å². The number of benzene rings is 1. The molecule has 60 valence electrons. The molecule has 0 aliphatic heterocycles. The summed E-state index contributed by atoms with van der Waals surface area (Å²) in [6.45, 7) is 0. The van der Waals surface area contributed by atoms with Gasteiger partial charge in [-0.15, -0.1) is 0 Å². The zero-order valence-electron chi connectivity index (χ0n) is 6.79. The van der Waals surface area contributed by atoms with Gasteiger partial charge in [0.15, 0.2) is 0 Å². The third-order valence-electron chi connectivity index (χ3n) is 1.94. The normalized spacial score (nSPS) is 10.7. The van der Waals surface area contributed by atoms with Gasteiger partial charge in [0.1, 0.15) is 0 Å². The summed E-state index contributed by atoms with van der Waals surface area (Å²) in [4.78, 5) is 14.1. The molecule has 0 fully saturated rings. The number of hydrogen-bond donors (Lipinski definition) is 1. The number of fused-ring (bicyclic) bond motifs is 1. The maximum atomic E-state index is 11.2. The molecule has 1 heterocycles. The Hall–Kier alpha value is -0.771. The molecule has 0 bridgehead atoms. The molecular formula is C9H9NOSn. The Bertz CT molecular complexity index is 475. The van der Waals surface area contributed by atoms with Crippen molar-refractivity contribution in [2.24, 2.45) is 0 Å². The predicted molar refractivity (Wildman–Crippen MR) is 54.1 cm³/mol. The molecule has 0 aliphatic rings. The van der Waals surface area contributed by atoms with E-state index < -0.39 is 0 Å². The van der Waals surface area contributed by atoms with Crippen LogP contribution in [0.5, 0.6) is 0 Å². The van der Waals surface area contributed by atoms with Crippen LogP contribution in [0.2, 0.25) is 0 Å². The van der Waals surface area contributed by atoms with Crippen LogP contribution < -0.4 is 9.14 Å². The van der Waals surface area contributed by atoms with E-state index >= 15 is 0 Å². The molecule has 2 nitrogen and oxygen atoms in total. The molecule has 1 aromatic heterocycles. The molecule has 0 spiro atoms. The van der Waals surface area contributed by atoms with Gasteiger partial charge in [0.2, 0.25) is 0 Å². The van der Waals surface area contributed by atoms with Crippen LogP contribution in [0.4, 0.5) is 0 Å². The molecule has 12 heavy (non-hydrogen) atoms. The maximum absolute atomic E-state index is 11.2. The van der Waals surface area contributed by atoms with Crippen molar-refractivity contribution in [3.8, 4) is 0 Å². The Morgan fingerprint density at radius 1 is 1.25 bits per heavy atom. The molecule has 1 N–H and O–H groups in total. The van der Waals surface area contributed by atoms with Crippen LogP contribution >= 0.6 is 0 Å². The van der Waals surface area contributed by atoms with Gasteiger partial charge in [-0.25, -0.2) is 0 Å². The predicted octanol–water partition coefficient (Wildman–Crippen LogP) is -0.481. The molecule has 0 atom stereocenters. The standard InChI is InChI=1S/C9H6NO.Sn.3H/c11-9-6-5-7-3-1-2-4-8(7)10-9;;;;/h1-5H,(H,10,11);;;;. The van der Waals surface area contributed by atoms with Crippen molar-refractivity contribution < 1.29 is 0 Å². The third kappa shape index (κ3) is 1.26. The van der Waals surface area contributed by atoms with Gasteiger partial charge in [0.25, 0.3) is 0 Å². The number of aromatic nitrogens is 1. The van der Waals surface area contributed by atoms with Gasteiger partial charge in [-0.3, -0.25) is 0 Å². The van der Waals surface area contributed by atoms with Gasteiger partial charge in [-0.1, -0.05) is 0 Å². The Labute approximate surface area is 82.7 Å². The second kappa shape index (κ2) is 2.93. The van der Waals surface area contributed by atoms with E-state index in [1.54, 1.807) is 0 Å². The molecule has 0 saturated carbocycles. The van der Waals surface area contributed by atoms with E-state index in [-0.39, 0.29) is 28.1 Å². The zero-order valence-corrected chi connectivity index (χ0v) is 12.5. The van der Waals surface area contributed by atoms with Crippen LogP contribution in [0.15, 0.2) is 35.1 Å². The molecule has 0 radical (unpaired) electrons. The first kappa shape index (κ1) is 7.86. The summed E-state index contributed by atoms with van der Waals surface area (Å²) in [5, 5.41) is 1.13. The van der Waals surface area contributed by atoms with E-state index in [4.69, 9.17) is 0 Å². The van der Waals surface area contributed by atoms with Gasteiger partial charge < -0.3 is 0 Å². The average molecular weight is 266 g/mol. The van der Waals surface area contributed by atoms with E-state index in [1.165, 1.54) is 0 Å². The van der Waals surface area contributed by atoms with Crippen molar-refractivity contribution in [1.82, 2.24) is 4.98 Å². The minimum atomic E-state index is 0.0875. The summed E-state index contributed by atoms with van der Waals surface area (Å²) in [5.41, 5.74) is 1.02. The zero-order chi connectivity index (χ0) is 8.55. The number of hydrogen-bond acceptors (Lipinski definition) is 1. The van der Waals surface area contributed by atoms with E-state index in [0.717, 1.165) is 14.5 Å². The fourth-order valence-electron chi connectivity index (χ4n) is 1.26. The Morgan fingerprint density at radius 2 is 2.00 bits per heavy atom. The Morgan fingerprint density at radius 3 is 2.83 bits per heavy atom. The number of H-pyrrole nitrogens is 1. The van der Waals surface area contributed by atoms with Crippen LogP contribution in [0.1, 0.15) is 0 Å². The second-order valence-electron chi connectivity index (χ2n) is 2.87. The topological polar surface area (TPSA) is 32.9 Å². The molecule has 0 saturated heterocycles. The quantitative estimate of drug-likeness (QED) is 0.642. The third-order valence-corrected chi connectivity index (χ3v) is 4.06.